The van der Waals surface area contributed by atoms with Gasteiger partial charge in [0.05, 0.1) is 54.6 Å². The van der Waals surface area contributed by atoms with Gasteiger partial charge in [-0.1, -0.05) is 43.3 Å². The molecule has 11 nitrogen and oxygen atoms in total. The molecule has 3 aromatic carbocycles. The van der Waals surface area contributed by atoms with E-state index in [-0.39, 0.29) is 49.3 Å². The van der Waals surface area contributed by atoms with Crippen LogP contribution >= 0.6 is 0 Å². The van der Waals surface area contributed by atoms with Crippen LogP contribution in [0.1, 0.15) is 49.3 Å². The minimum Gasteiger partial charge on any atom is -0.469 e. The van der Waals surface area contributed by atoms with Gasteiger partial charge in [-0.05, 0) is 73.8 Å². The number of aromatic nitrogens is 2. The fourth-order valence-corrected chi connectivity index (χ4v) is 11.3. The minimum absolute atomic E-state index is 0.154. The lowest BCUT2D eigenvalue weighted by Crippen LogP contribution is -2.48. The van der Waals surface area contributed by atoms with Crippen LogP contribution in [0.25, 0.3) is 16.6 Å². The van der Waals surface area contributed by atoms with E-state index in [1.807, 2.05) is 43.3 Å². The molecule has 0 bridgehead atoms. The fraction of sp³-hybridized carbons (Fsp3) is 0.436. The Morgan fingerprint density at radius 1 is 1.06 bits per heavy atom. The molecule has 5 atom stereocenters. The highest BCUT2D eigenvalue weighted by Crippen LogP contribution is 2.60. The van der Waals surface area contributed by atoms with Gasteiger partial charge in [0.2, 0.25) is 14.3 Å². The van der Waals surface area contributed by atoms with Crippen LogP contribution in [0.15, 0.2) is 71.5 Å². The predicted molar refractivity (Wildman–Crippen MR) is 196 cm³/mol. The molecule has 13 heteroatoms. The van der Waals surface area contributed by atoms with E-state index in [1.54, 1.807) is 53.2 Å². The van der Waals surface area contributed by atoms with E-state index >= 15 is 4.11 Å². The van der Waals surface area contributed by atoms with Crippen LogP contribution in [0.5, 0.6) is 0 Å². The van der Waals surface area contributed by atoms with Crippen LogP contribution in [0.4, 0.5) is 9.80 Å². The van der Waals surface area contributed by atoms with Crippen LogP contribution < -0.4 is 10.5 Å². The number of nitrogens with zero attached hydrogens (tertiary/aromatic N) is 3. The van der Waals surface area contributed by atoms with Crippen LogP contribution in [0.2, 0.25) is 18.6 Å². The number of amides is 2. The number of aliphatic hydroxyl groups excluding tert-OH is 1. The first-order chi connectivity index (χ1) is 24.9. The van der Waals surface area contributed by atoms with Crippen LogP contribution in [0, 0.1) is 5.92 Å². The van der Waals surface area contributed by atoms with Crippen molar-refractivity contribution in [1.29, 1.82) is 0 Å². The second kappa shape index (κ2) is 13.8. The molecular weight excluding hydrogens is 684 g/mol. The van der Waals surface area contributed by atoms with E-state index in [4.69, 9.17) is 9.47 Å². The lowest BCUT2D eigenvalue weighted by atomic mass is 9.82. The summed E-state index contributed by atoms with van der Waals surface area (Å²) in [6.45, 7) is 5.40. The number of carbonyl (C=O) groups excluding carboxylic acids is 3. The summed E-state index contributed by atoms with van der Waals surface area (Å²) in [6.07, 6.45) is 0.632. The number of rotatable bonds is 10. The molecular formula is C39H45FN4O7Si. The molecule has 0 saturated carbocycles. The highest BCUT2D eigenvalue weighted by atomic mass is 28.4. The van der Waals surface area contributed by atoms with Crippen molar-refractivity contribution in [3.63, 3.8) is 0 Å². The first-order valence-corrected chi connectivity index (χ1v) is 20.9. The second-order valence-corrected chi connectivity index (χ2v) is 18.6. The third-order valence-electron chi connectivity index (χ3n) is 11.3. The minimum atomic E-state index is -3.60. The van der Waals surface area contributed by atoms with Crippen molar-refractivity contribution in [2.45, 2.75) is 82.0 Å². The number of anilines is 1. The summed E-state index contributed by atoms with van der Waals surface area (Å²) in [5.74, 6) is -1.62. The molecule has 2 N–H and O–H groups in total. The van der Waals surface area contributed by atoms with E-state index in [0.29, 0.717) is 53.6 Å². The standard InChI is InChI=1S/C39H45FN4O7Si/c1-24-36(52(3,4)40)33(21-34(46)43-22-26-12-6-5-11-25(26)19-28(43)23-45)51-39(24)30-20-27(44-37(48)29-13-7-8-14-31(29)41-44)16-17-32(30)42(38(39)49)18-10-9-15-35(47)50-2/h5-8,11-14,16-17,20,24,28,33,36,41,45H,9-10,15,18-19,21-23H2,1-4H3/t24-,28+,33+,36-,39+/m1/s1. The van der Waals surface area contributed by atoms with Crippen molar-refractivity contribution < 1.29 is 33.1 Å². The van der Waals surface area contributed by atoms with E-state index in [0.717, 1.165) is 11.1 Å². The molecule has 4 heterocycles. The largest absolute Gasteiger partial charge is 0.469 e. The lowest BCUT2D eigenvalue weighted by Gasteiger charge is -2.37. The van der Waals surface area contributed by atoms with Gasteiger partial charge in [0.1, 0.15) is 0 Å². The fourth-order valence-electron chi connectivity index (χ4n) is 8.81. The van der Waals surface area contributed by atoms with Gasteiger partial charge in [-0.3, -0.25) is 24.3 Å². The number of aromatic amines is 1. The SMILES string of the molecule is COC(=O)CCCCN1C(=O)[C@@]2(O[C@@H](CC(=O)N3Cc4ccccc4C[C@H]3CO)[C@H]([Si](C)(C)F)[C@H]2C)c2cc(-n3[nH]c4ccccc4c3=O)ccc21. The number of nitrogens with one attached hydrogen (secondary N) is 1. The highest BCUT2D eigenvalue weighted by Gasteiger charge is 2.67. The third kappa shape index (κ3) is 5.98. The Hall–Kier alpha value is -4.59. The summed E-state index contributed by atoms with van der Waals surface area (Å²) in [4.78, 5) is 57.7. The number of H-pyrrole nitrogens is 1. The van der Waals surface area contributed by atoms with Gasteiger partial charge >= 0.3 is 5.97 Å². The quantitative estimate of drug-likeness (QED) is 0.100. The number of para-hydroxylation sites is 1. The van der Waals surface area contributed by atoms with Crippen LogP contribution in [-0.2, 0) is 42.4 Å². The van der Waals surface area contributed by atoms with E-state index in [1.165, 1.54) is 11.8 Å². The molecule has 274 valence electrons. The zero-order chi connectivity index (χ0) is 36.9. The number of carbonyl (C=O) groups is 3. The molecule has 0 aliphatic carbocycles. The summed E-state index contributed by atoms with van der Waals surface area (Å²) >= 11 is 0. The van der Waals surface area contributed by atoms with Crippen molar-refractivity contribution in [2.75, 3.05) is 25.2 Å². The van der Waals surface area contributed by atoms with Gasteiger partial charge in [-0.25, -0.2) is 4.68 Å². The summed E-state index contributed by atoms with van der Waals surface area (Å²) in [5.41, 5.74) is 1.71. The summed E-state index contributed by atoms with van der Waals surface area (Å²) < 4.78 is 29.7. The van der Waals surface area contributed by atoms with Gasteiger partial charge < -0.3 is 28.5 Å². The number of hydrogen-bond acceptors (Lipinski definition) is 7. The maximum absolute atomic E-state index is 16.6. The average molecular weight is 729 g/mol. The molecule has 1 aromatic heterocycles. The number of halogens is 1. The molecule has 7 rings (SSSR count). The molecule has 0 unspecified atom stereocenters. The lowest BCUT2D eigenvalue weighted by molar-refractivity contribution is -0.151. The smallest absolute Gasteiger partial charge is 0.305 e. The van der Waals surface area contributed by atoms with E-state index in [2.05, 4.69) is 5.10 Å². The number of esters is 1. The van der Waals surface area contributed by atoms with Crippen molar-refractivity contribution in [2.24, 2.45) is 5.92 Å². The predicted octanol–water partition coefficient (Wildman–Crippen LogP) is 5.12. The highest BCUT2D eigenvalue weighted by molar-refractivity contribution is 6.72. The Balaban J connectivity index is 1.27. The summed E-state index contributed by atoms with van der Waals surface area (Å²) in [5, 5.41) is 14.0. The third-order valence-corrected chi connectivity index (χ3v) is 13.8. The normalized spacial score (nSPS) is 24.1. The van der Waals surface area contributed by atoms with Gasteiger partial charge in [-0.2, -0.15) is 0 Å². The van der Waals surface area contributed by atoms with Gasteiger partial charge in [0, 0.05) is 36.5 Å². The molecule has 4 aromatic rings. The zero-order valence-electron chi connectivity index (χ0n) is 29.9. The van der Waals surface area contributed by atoms with E-state index < -0.39 is 37.6 Å². The number of benzene rings is 3. The monoisotopic (exact) mass is 728 g/mol. The number of hydrogen-bond donors (Lipinski definition) is 2. The Labute approximate surface area is 302 Å². The number of aliphatic hydroxyl groups is 1. The topological polar surface area (TPSA) is 134 Å². The van der Waals surface area contributed by atoms with E-state index in [9.17, 15) is 24.3 Å². The van der Waals surface area contributed by atoms with Crippen molar-refractivity contribution in [1.82, 2.24) is 14.7 Å². The number of unbranched alkanes of at least 4 members (excludes halogenated alkanes) is 1. The molecule has 1 fully saturated rings. The molecule has 3 aliphatic rings. The molecule has 2 amide bonds. The Morgan fingerprint density at radius 3 is 2.50 bits per heavy atom. The Kier molecular flexibility index (Phi) is 9.47. The Morgan fingerprint density at radius 2 is 1.79 bits per heavy atom. The first-order valence-electron chi connectivity index (χ1n) is 18.0. The molecule has 3 aliphatic heterocycles. The van der Waals surface area contributed by atoms with Crippen molar-refractivity contribution in [3.8, 4) is 5.69 Å². The van der Waals surface area contributed by atoms with Crippen molar-refractivity contribution in [3.05, 3.63) is 93.8 Å². The zero-order valence-corrected chi connectivity index (χ0v) is 30.9. The summed E-state index contributed by atoms with van der Waals surface area (Å²) in [7, 11) is -2.27. The average Bonchev–Trinajstić information content (AvgIpc) is 3.71. The Bertz CT molecular complexity index is 2090. The number of methoxy groups -OCH3 is 1. The number of ether oxygens (including phenoxy) is 2. The van der Waals surface area contributed by atoms with Gasteiger partial charge in [0.25, 0.3) is 11.5 Å². The number of fused-ring (bicyclic) bond motifs is 4. The maximum Gasteiger partial charge on any atom is 0.305 e. The van der Waals surface area contributed by atoms with Crippen LogP contribution in [-0.4, -0.2) is 78.4 Å². The van der Waals surface area contributed by atoms with Crippen LogP contribution in [0.3, 0.4) is 0 Å². The molecule has 1 saturated heterocycles. The van der Waals surface area contributed by atoms with Crippen molar-refractivity contribution >= 4 is 42.8 Å². The molecule has 0 radical (unpaired) electrons. The van der Waals surface area contributed by atoms with Gasteiger partial charge in [-0.15, -0.1) is 0 Å². The summed E-state index contributed by atoms with van der Waals surface area (Å²) in [6, 6.07) is 19.9. The first kappa shape index (κ1) is 35.8. The second-order valence-electron chi connectivity index (χ2n) is 14.8. The molecule has 52 heavy (non-hydrogen) atoms. The molecule has 1 spiro atoms. The maximum atomic E-state index is 16.6. The van der Waals surface area contributed by atoms with Gasteiger partial charge in [0.15, 0.2) is 5.60 Å².